The Labute approximate surface area is 99.3 Å². The van der Waals surface area contributed by atoms with Crippen molar-refractivity contribution in [2.45, 2.75) is 25.8 Å². The zero-order valence-electron chi connectivity index (χ0n) is 9.34. The lowest BCUT2D eigenvalue weighted by Gasteiger charge is -2.13. The Morgan fingerprint density at radius 3 is 2.47 bits per heavy atom. The van der Waals surface area contributed by atoms with Gasteiger partial charge in [0.25, 0.3) is 0 Å². The van der Waals surface area contributed by atoms with Crippen LogP contribution in [0.5, 0.6) is 0 Å². The van der Waals surface area contributed by atoms with Crippen LogP contribution in [0.2, 0.25) is 0 Å². The summed E-state index contributed by atoms with van der Waals surface area (Å²) >= 11 is 0. The highest BCUT2D eigenvalue weighted by atomic mass is 32.2. The third-order valence-electron chi connectivity index (χ3n) is 2.03. The van der Waals surface area contributed by atoms with E-state index in [4.69, 9.17) is 10.4 Å². The summed E-state index contributed by atoms with van der Waals surface area (Å²) in [5.41, 5.74) is 0. The van der Waals surface area contributed by atoms with Crippen molar-refractivity contribution >= 4 is 21.7 Å². The molecule has 0 bridgehead atoms. The number of carboxylic acids is 1. The molecule has 1 amide bonds. The van der Waals surface area contributed by atoms with E-state index in [2.05, 4.69) is 5.32 Å². The van der Waals surface area contributed by atoms with E-state index in [0.717, 1.165) is 0 Å². The van der Waals surface area contributed by atoms with Gasteiger partial charge in [-0.25, -0.2) is 13.2 Å². The van der Waals surface area contributed by atoms with E-state index < -0.39 is 34.2 Å². The maximum Gasteiger partial charge on any atom is 0.326 e. The minimum atomic E-state index is -3.28. The van der Waals surface area contributed by atoms with Gasteiger partial charge in [0.15, 0.2) is 0 Å². The third-order valence-corrected chi connectivity index (χ3v) is 3.77. The molecule has 0 aliphatic heterocycles. The topological polar surface area (TPSA) is 124 Å². The Morgan fingerprint density at radius 1 is 1.47 bits per heavy atom. The van der Waals surface area contributed by atoms with Crippen LogP contribution in [-0.4, -0.2) is 42.9 Å². The SMILES string of the molecule is CCS(=O)(=O)CCC(NC(=O)CC#N)C(=O)O. The summed E-state index contributed by atoms with van der Waals surface area (Å²) < 4.78 is 22.4. The molecule has 0 fully saturated rings. The molecule has 0 aliphatic carbocycles. The van der Waals surface area contributed by atoms with Gasteiger partial charge >= 0.3 is 5.97 Å². The van der Waals surface area contributed by atoms with E-state index in [1.54, 1.807) is 6.07 Å². The number of nitriles is 1. The summed E-state index contributed by atoms with van der Waals surface area (Å²) in [6.07, 6.45) is -0.660. The number of nitrogens with zero attached hydrogens (tertiary/aromatic N) is 1. The van der Waals surface area contributed by atoms with Crippen LogP contribution < -0.4 is 5.32 Å². The van der Waals surface area contributed by atoms with Gasteiger partial charge in [-0.15, -0.1) is 0 Å². The molecule has 0 rings (SSSR count). The van der Waals surface area contributed by atoms with Crippen LogP contribution in [0.15, 0.2) is 0 Å². The smallest absolute Gasteiger partial charge is 0.326 e. The van der Waals surface area contributed by atoms with Gasteiger partial charge in [-0.3, -0.25) is 4.79 Å². The summed E-state index contributed by atoms with van der Waals surface area (Å²) in [7, 11) is -3.28. The number of aliphatic carboxylic acids is 1. The second-order valence-electron chi connectivity index (χ2n) is 3.32. The zero-order valence-corrected chi connectivity index (χ0v) is 10.2. The van der Waals surface area contributed by atoms with Gasteiger partial charge in [0, 0.05) is 5.75 Å². The van der Waals surface area contributed by atoms with E-state index in [1.165, 1.54) is 6.92 Å². The lowest BCUT2D eigenvalue weighted by Crippen LogP contribution is -2.41. The van der Waals surface area contributed by atoms with Crippen molar-refractivity contribution < 1.29 is 23.1 Å². The minimum absolute atomic E-state index is 0.0779. The Morgan fingerprint density at radius 2 is 2.06 bits per heavy atom. The molecule has 7 nitrogen and oxygen atoms in total. The maximum atomic E-state index is 11.2. The molecule has 1 unspecified atom stereocenters. The van der Waals surface area contributed by atoms with Gasteiger partial charge in [-0.05, 0) is 6.42 Å². The maximum absolute atomic E-state index is 11.2. The van der Waals surface area contributed by atoms with Crippen molar-refractivity contribution in [1.29, 1.82) is 5.26 Å². The van der Waals surface area contributed by atoms with Gasteiger partial charge in [0.2, 0.25) is 5.91 Å². The minimum Gasteiger partial charge on any atom is -0.480 e. The van der Waals surface area contributed by atoms with Crippen molar-refractivity contribution in [3.05, 3.63) is 0 Å². The van der Waals surface area contributed by atoms with E-state index >= 15 is 0 Å². The Bertz CT molecular complexity index is 423. The molecule has 0 aromatic carbocycles. The monoisotopic (exact) mass is 262 g/mol. The van der Waals surface area contributed by atoms with Gasteiger partial charge < -0.3 is 10.4 Å². The molecule has 17 heavy (non-hydrogen) atoms. The molecular weight excluding hydrogens is 248 g/mol. The van der Waals surface area contributed by atoms with Crippen molar-refractivity contribution in [2.24, 2.45) is 0 Å². The Hall–Kier alpha value is -1.62. The van der Waals surface area contributed by atoms with Crippen molar-refractivity contribution in [3.63, 3.8) is 0 Å². The van der Waals surface area contributed by atoms with Crippen LogP contribution in [0.4, 0.5) is 0 Å². The molecule has 8 heteroatoms. The lowest BCUT2D eigenvalue weighted by molar-refractivity contribution is -0.141. The normalized spacial score (nSPS) is 12.5. The average Bonchev–Trinajstić information content (AvgIpc) is 2.24. The summed E-state index contributed by atoms with van der Waals surface area (Å²) in [6, 6.07) is 0.292. The number of amides is 1. The molecule has 96 valence electrons. The van der Waals surface area contributed by atoms with Crippen molar-refractivity contribution in [1.82, 2.24) is 5.32 Å². The van der Waals surface area contributed by atoms with Crippen LogP contribution in [0.1, 0.15) is 19.8 Å². The summed E-state index contributed by atoms with van der Waals surface area (Å²) in [4.78, 5) is 21.8. The highest BCUT2D eigenvalue weighted by Crippen LogP contribution is 2.00. The van der Waals surface area contributed by atoms with Crippen LogP contribution in [-0.2, 0) is 19.4 Å². The molecule has 0 heterocycles. The Kier molecular flexibility index (Phi) is 6.20. The first-order valence-electron chi connectivity index (χ1n) is 4.92. The standard InChI is InChI=1S/C9H14N2O5S/c1-2-17(15,16)6-4-7(9(13)14)11-8(12)3-5-10/h7H,2-4,6H2,1H3,(H,11,12)(H,13,14). The zero-order chi connectivity index (χ0) is 13.5. The molecule has 0 aliphatic rings. The summed E-state index contributed by atoms with van der Waals surface area (Å²) in [5.74, 6) is -2.44. The largest absolute Gasteiger partial charge is 0.480 e. The lowest BCUT2D eigenvalue weighted by atomic mass is 10.2. The molecule has 0 saturated carbocycles. The van der Waals surface area contributed by atoms with E-state index in [9.17, 15) is 18.0 Å². The molecule has 0 spiro atoms. The van der Waals surface area contributed by atoms with Crippen molar-refractivity contribution in [3.8, 4) is 6.07 Å². The number of hydrogen-bond donors (Lipinski definition) is 2. The number of carbonyl (C=O) groups excluding carboxylic acids is 1. The summed E-state index contributed by atoms with van der Waals surface area (Å²) in [6.45, 7) is 1.46. The number of rotatable bonds is 7. The number of hydrogen-bond acceptors (Lipinski definition) is 5. The van der Waals surface area contributed by atoms with E-state index in [1.807, 2.05) is 0 Å². The van der Waals surface area contributed by atoms with Gasteiger partial charge in [0.1, 0.15) is 22.3 Å². The molecule has 0 radical (unpaired) electrons. The molecule has 1 atom stereocenters. The summed E-state index contributed by atoms with van der Waals surface area (Å²) in [5, 5.41) is 19.1. The highest BCUT2D eigenvalue weighted by molar-refractivity contribution is 7.91. The molecule has 2 N–H and O–H groups in total. The Balaban J connectivity index is 4.42. The average molecular weight is 262 g/mol. The van der Waals surface area contributed by atoms with Gasteiger partial charge in [-0.1, -0.05) is 6.92 Å². The fourth-order valence-corrected chi connectivity index (χ4v) is 1.90. The highest BCUT2D eigenvalue weighted by Gasteiger charge is 2.22. The van der Waals surface area contributed by atoms with E-state index in [0.29, 0.717) is 0 Å². The number of carbonyl (C=O) groups is 2. The van der Waals surface area contributed by atoms with Crippen molar-refractivity contribution in [2.75, 3.05) is 11.5 Å². The first-order chi connectivity index (χ1) is 7.82. The molecule has 0 saturated heterocycles. The second-order valence-corrected chi connectivity index (χ2v) is 5.79. The number of carboxylic acid groups (broad SMARTS) is 1. The fourth-order valence-electron chi connectivity index (χ4n) is 1.02. The molecule has 0 aromatic heterocycles. The fraction of sp³-hybridized carbons (Fsp3) is 0.667. The predicted molar refractivity (Wildman–Crippen MR) is 58.7 cm³/mol. The van der Waals surface area contributed by atoms with E-state index in [-0.39, 0.29) is 17.9 Å². The molecule has 0 aromatic rings. The van der Waals surface area contributed by atoms with Gasteiger partial charge in [0.05, 0.1) is 11.8 Å². The quantitative estimate of drug-likeness (QED) is 0.624. The number of sulfone groups is 1. The van der Waals surface area contributed by atoms with Crippen LogP contribution in [0.25, 0.3) is 0 Å². The predicted octanol–water partition coefficient (Wildman–Crippen LogP) is -0.706. The van der Waals surface area contributed by atoms with Crippen LogP contribution in [0.3, 0.4) is 0 Å². The second kappa shape index (κ2) is 6.85. The van der Waals surface area contributed by atoms with Gasteiger partial charge in [-0.2, -0.15) is 5.26 Å². The number of nitrogens with one attached hydrogen (secondary N) is 1. The first kappa shape index (κ1) is 15.4. The van der Waals surface area contributed by atoms with Crippen LogP contribution >= 0.6 is 0 Å². The van der Waals surface area contributed by atoms with Crippen LogP contribution in [0, 0.1) is 11.3 Å². The first-order valence-corrected chi connectivity index (χ1v) is 6.74. The molecular formula is C9H14N2O5S. The third kappa shape index (κ3) is 6.52.